The van der Waals surface area contributed by atoms with Crippen LogP contribution in [0.1, 0.15) is 76.4 Å². The number of benzene rings is 1. The van der Waals surface area contributed by atoms with Crippen LogP contribution in [0, 0.1) is 10.1 Å². The SMILES string of the molecule is COc1cc(C(C)OC(=O)NCCOCCOCCNC(=O)CCCCCCCCCCS)c([N+](=O)[O-])cc1OC. The van der Waals surface area contributed by atoms with Crippen LogP contribution in [0.4, 0.5) is 10.5 Å². The number of nitro groups is 1. The summed E-state index contributed by atoms with van der Waals surface area (Å²) in [7, 11) is 2.79. The number of rotatable bonds is 24. The molecule has 0 heterocycles. The van der Waals surface area contributed by atoms with E-state index in [1.54, 1.807) is 0 Å². The molecule has 0 radical (unpaired) electrons. The lowest BCUT2D eigenvalue weighted by atomic mass is 10.1. The van der Waals surface area contributed by atoms with Crippen LogP contribution in [0.25, 0.3) is 0 Å². The van der Waals surface area contributed by atoms with E-state index in [-0.39, 0.29) is 41.8 Å². The predicted molar refractivity (Wildman–Crippen MR) is 159 cm³/mol. The normalized spacial score (nSPS) is 11.5. The third-order valence-corrected chi connectivity index (χ3v) is 6.54. The number of methoxy groups -OCH3 is 2. The van der Waals surface area contributed by atoms with Crippen molar-refractivity contribution >= 4 is 30.3 Å². The first-order valence-electron chi connectivity index (χ1n) is 14.2. The van der Waals surface area contributed by atoms with E-state index < -0.39 is 17.1 Å². The summed E-state index contributed by atoms with van der Waals surface area (Å²) in [6, 6.07) is 2.65. The third kappa shape index (κ3) is 16.3. The molecule has 0 aliphatic carbocycles. The number of nitrogens with one attached hydrogen (secondary N) is 2. The number of thiol groups is 1. The topological polar surface area (TPSA) is 147 Å². The van der Waals surface area contributed by atoms with Crippen molar-refractivity contribution in [3.8, 4) is 11.5 Å². The first-order chi connectivity index (χ1) is 19.8. The second-order valence-corrected chi connectivity index (χ2v) is 9.82. The maximum Gasteiger partial charge on any atom is 0.407 e. The van der Waals surface area contributed by atoms with Gasteiger partial charge in [0.25, 0.3) is 5.69 Å². The zero-order valence-electron chi connectivity index (χ0n) is 24.6. The molecule has 1 rings (SSSR count). The van der Waals surface area contributed by atoms with Gasteiger partial charge in [-0.15, -0.1) is 0 Å². The lowest BCUT2D eigenvalue weighted by molar-refractivity contribution is -0.386. The minimum atomic E-state index is -0.909. The molecule has 1 unspecified atom stereocenters. The highest BCUT2D eigenvalue weighted by molar-refractivity contribution is 7.80. The van der Waals surface area contributed by atoms with Gasteiger partial charge in [0, 0.05) is 19.5 Å². The van der Waals surface area contributed by atoms with Gasteiger partial charge >= 0.3 is 6.09 Å². The Balaban J connectivity index is 2.08. The van der Waals surface area contributed by atoms with Gasteiger partial charge in [0.1, 0.15) is 6.10 Å². The summed E-state index contributed by atoms with van der Waals surface area (Å²) in [4.78, 5) is 34.9. The zero-order valence-corrected chi connectivity index (χ0v) is 25.5. The molecule has 1 atom stereocenters. The quantitative estimate of drug-likeness (QED) is 0.0645. The van der Waals surface area contributed by atoms with Gasteiger partial charge in [0.2, 0.25) is 5.91 Å². The smallest absolute Gasteiger partial charge is 0.407 e. The zero-order chi connectivity index (χ0) is 30.3. The molecule has 12 nitrogen and oxygen atoms in total. The van der Waals surface area contributed by atoms with E-state index in [0.29, 0.717) is 32.8 Å². The molecular weight excluding hydrogens is 554 g/mol. The summed E-state index contributed by atoms with van der Waals surface area (Å²) in [6.07, 6.45) is 8.29. The van der Waals surface area contributed by atoms with Crippen molar-refractivity contribution in [1.82, 2.24) is 10.6 Å². The number of hydrogen-bond acceptors (Lipinski definition) is 10. The molecular formula is C28H47N3O9S. The number of nitro benzene ring substituents is 1. The highest BCUT2D eigenvalue weighted by Crippen LogP contribution is 2.38. The van der Waals surface area contributed by atoms with Gasteiger partial charge in [-0.2, -0.15) is 12.6 Å². The van der Waals surface area contributed by atoms with Crippen molar-refractivity contribution < 1.29 is 38.2 Å². The number of carbonyl (C=O) groups is 2. The number of alkyl carbamates (subject to hydrolysis) is 1. The number of carbonyl (C=O) groups excluding carboxylic acids is 2. The average Bonchev–Trinajstić information content (AvgIpc) is 2.96. The van der Waals surface area contributed by atoms with E-state index in [4.69, 9.17) is 23.7 Å². The van der Waals surface area contributed by atoms with Gasteiger partial charge in [-0.3, -0.25) is 14.9 Å². The van der Waals surface area contributed by atoms with Crippen molar-refractivity contribution in [2.45, 2.75) is 70.8 Å². The first kappa shape index (κ1) is 36.3. The molecule has 0 saturated carbocycles. The number of nitrogens with zero attached hydrogens (tertiary/aromatic N) is 1. The first-order valence-corrected chi connectivity index (χ1v) is 14.8. The summed E-state index contributed by atoms with van der Waals surface area (Å²) in [5.74, 6) is 1.50. The van der Waals surface area contributed by atoms with Gasteiger partial charge in [0.15, 0.2) is 11.5 Å². The molecule has 41 heavy (non-hydrogen) atoms. The van der Waals surface area contributed by atoms with Gasteiger partial charge in [-0.05, 0) is 31.6 Å². The molecule has 13 heteroatoms. The van der Waals surface area contributed by atoms with Gasteiger partial charge in [-0.25, -0.2) is 4.79 Å². The van der Waals surface area contributed by atoms with Crippen LogP contribution in [0.5, 0.6) is 11.5 Å². The maximum absolute atomic E-state index is 12.1. The van der Waals surface area contributed by atoms with E-state index in [9.17, 15) is 19.7 Å². The monoisotopic (exact) mass is 601 g/mol. The highest BCUT2D eigenvalue weighted by Gasteiger charge is 2.25. The van der Waals surface area contributed by atoms with Crippen molar-refractivity contribution in [2.24, 2.45) is 0 Å². The Kier molecular flexibility index (Phi) is 20.2. The Bertz CT molecular complexity index is 905. The number of amides is 2. The fourth-order valence-electron chi connectivity index (χ4n) is 3.99. The molecule has 0 aromatic heterocycles. The number of hydrogen-bond donors (Lipinski definition) is 3. The van der Waals surface area contributed by atoms with Gasteiger partial charge in [0.05, 0.1) is 57.2 Å². The van der Waals surface area contributed by atoms with E-state index >= 15 is 0 Å². The van der Waals surface area contributed by atoms with E-state index in [1.807, 2.05) is 0 Å². The average molecular weight is 602 g/mol. The lowest BCUT2D eigenvalue weighted by Gasteiger charge is -2.16. The summed E-state index contributed by atoms with van der Waals surface area (Å²) in [5, 5.41) is 16.9. The second-order valence-electron chi connectivity index (χ2n) is 9.37. The molecule has 1 aromatic rings. The Morgan fingerprint density at radius 3 is 1.95 bits per heavy atom. The van der Waals surface area contributed by atoms with Crippen LogP contribution < -0.4 is 20.1 Å². The molecule has 2 N–H and O–H groups in total. The van der Waals surface area contributed by atoms with E-state index in [1.165, 1.54) is 71.8 Å². The van der Waals surface area contributed by atoms with Gasteiger partial charge in [-0.1, -0.05) is 38.5 Å². The van der Waals surface area contributed by atoms with Crippen LogP contribution in [0.15, 0.2) is 12.1 Å². The van der Waals surface area contributed by atoms with Crippen molar-refractivity contribution in [3.63, 3.8) is 0 Å². The predicted octanol–water partition coefficient (Wildman–Crippen LogP) is 4.99. The lowest BCUT2D eigenvalue weighted by Crippen LogP contribution is -2.29. The molecule has 0 spiro atoms. The molecule has 0 fully saturated rings. The number of unbranched alkanes of at least 4 members (excludes halogenated alkanes) is 7. The molecule has 2 amide bonds. The summed E-state index contributed by atoms with van der Waals surface area (Å²) in [5.41, 5.74) is -0.0724. The van der Waals surface area contributed by atoms with Crippen LogP contribution in [0.3, 0.4) is 0 Å². The van der Waals surface area contributed by atoms with E-state index in [0.717, 1.165) is 18.6 Å². The summed E-state index contributed by atoms with van der Waals surface area (Å²) in [6.45, 7) is 3.47. The molecule has 1 aromatic carbocycles. The Hall–Kier alpha value is -2.77. The van der Waals surface area contributed by atoms with Crippen molar-refractivity contribution in [1.29, 1.82) is 0 Å². The molecule has 0 aliphatic rings. The van der Waals surface area contributed by atoms with Crippen LogP contribution in [0.2, 0.25) is 0 Å². The highest BCUT2D eigenvalue weighted by atomic mass is 32.1. The Morgan fingerprint density at radius 1 is 0.854 bits per heavy atom. The van der Waals surface area contributed by atoms with Crippen LogP contribution in [-0.2, 0) is 19.0 Å². The maximum atomic E-state index is 12.1. The molecule has 0 aliphatic heterocycles. The van der Waals surface area contributed by atoms with Crippen LogP contribution >= 0.6 is 12.6 Å². The third-order valence-electron chi connectivity index (χ3n) is 6.22. The summed E-state index contributed by atoms with van der Waals surface area (Å²) < 4.78 is 26.4. The van der Waals surface area contributed by atoms with Crippen molar-refractivity contribution in [3.05, 3.63) is 27.8 Å². The fraction of sp³-hybridized carbons (Fsp3) is 0.714. The molecule has 0 saturated heterocycles. The van der Waals surface area contributed by atoms with Crippen LogP contribution in [-0.4, -0.2) is 76.4 Å². The fourth-order valence-corrected chi connectivity index (χ4v) is 4.21. The molecule has 234 valence electrons. The molecule has 0 bridgehead atoms. The largest absolute Gasteiger partial charge is 0.493 e. The Morgan fingerprint density at radius 2 is 1.39 bits per heavy atom. The standard InChI is InChI=1S/C28H47N3O9S/c1-22(23-20-25(36-2)26(37-3)21-24(23)31(34)35)40-28(33)30-14-16-39-18-17-38-15-13-29-27(32)12-10-8-6-4-5-7-9-11-19-41/h20-22,41H,4-19H2,1-3H3,(H,29,32)(H,30,33). The minimum absolute atomic E-state index is 0.0478. The second kappa shape index (κ2) is 22.9. The summed E-state index contributed by atoms with van der Waals surface area (Å²) >= 11 is 4.22. The van der Waals surface area contributed by atoms with E-state index in [2.05, 4.69) is 23.3 Å². The van der Waals surface area contributed by atoms with Crippen molar-refractivity contribution in [2.75, 3.05) is 59.5 Å². The van der Waals surface area contributed by atoms with Gasteiger partial charge < -0.3 is 34.3 Å². The Labute approximate surface area is 248 Å². The minimum Gasteiger partial charge on any atom is -0.493 e. The number of ether oxygens (including phenoxy) is 5.